The van der Waals surface area contributed by atoms with Crippen LogP contribution in [0, 0.1) is 34.0 Å². The van der Waals surface area contributed by atoms with Gasteiger partial charge < -0.3 is 36.4 Å². The fourth-order valence-electron chi connectivity index (χ4n) is 11.1. The molecule has 22 nitrogen and oxygen atoms in total. The minimum atomic E-state index is -0.999. The summed E-state index contributed by atoms with van der Waals surface area (Å²) in [6, 6.07) is 38.3. The third kappa shape index (κ3) is 17.6. The second-order valence-electron chi connectivity index (χ2n) is 23.1. The van der Waals surface area contributed by atoms with Crippen LogP contribution in [-0.2, 0) is 38.9 Å². The van der Waals surface area contributed by atoms with Gasteiger partial charge in [-0.1, -0.05) is 77.0 Å². The van der Waals surface area contributed by atoms with Gasteiger partial charge in [-0.25, -0.2) is 19.7 Å². The lowest BCUT2D eigenvalue weighted by atomic mass is 10.0. The summed E-state index contributed by atoms with van der Waals surface area (Å²) in [5.41, 5.74) is 19.3. The number of hydrogen-bond donors (Lipinski definition) is 7. The third-order valence-electron chi connectivity index (χ3n) is 15.9. The van der Waals surface area contributed by atoms with Crippen LogP contribution in [-0.4, -0.2) is 82.7 Å². The molecule has 0 spiro atoms. The number of carboxylic acids is 1. The van der Waals surface area contributed by atoms with Crippen molar-refractivity contribution in [1.82, 2.24) is 70.4 Å². The van der Waals surface area contributed by atoms with Gasteiger partial charge in [0, 0.05) is 174 Å². The zero-order valence-corrected chi connectivity index (χ0v) is 58.0. The van der Waals surface area contributed by atoms with E-state index in [-0.39, 0.29) is 24.8 Å². The lowest BCUT2D eigenvalue weighted by Gasteiger charge is -2.08. The minimum Gasteiger partial charge on any atom is -0.478 e. The molecule has 0 aliphatic heterocycles. The summed E-state index contributed by atoms with van der Waals surface area (Å²) >= 11 is 36.3. The monoisotopic (exact) mass is 1490 g/mol. The average Bonchev–Trinajstić information content (AvgIpc) is 1.35. The molecule has 0 bridgehead atoms. The van der Waals surface area contributed by atoms with Crippen molar-refractivity contribution in [2.75, 3.05) is 0 Å². The highest BCUT2D eigenvalue weighted by molar-refractivity contribution is 6.36. The number of nitrogens with zero attached hydrogens (tertiary/aromatic N) is 12. The number of amides is 2. The highest BCUT2D eigenvalue weighted by atomic mass is 35.5. The van der Waals surface area contributed by atoms with Crippen LogP contribution in [0.25, 0.3) is 65.8 Å². The van der Waals surface area contributed by atoms with Crippen molar-refractivity contribution in [1.29, 1.82) is 15.8 Å². The van der Waals surface area contributed by atoms with Crippen LogP contribution >= 0.6 is 69.6 Å². The van der Waals surface area contributed by atoms with Crippen LogP contribution in [0.2, 0.25) is 30.1 Å². The molecule has 12 heterocycles. The van der Waals surface area contributed by atoms with Crippen LogP contribution in [0.15, 0.2) is 184 Å². The molecule has 12 aromatic heterocycles. The number of nitrogens with one attached hydrogen (secondary N) is 5. The van der Waals surface area contributed by atoms with Gasteiger partial charge in [0.25, 0.3) is 11.8 Å². The highest BCUT2D eigenvalue weighted by Gasteiger charge is 2.16. The van der Waals surface area contributed by atoms with Crippen LogP contribution in [0.3, 0.4) is 0 Å². The van der Waals surface area contributed by atoms with E-state index in [1.807, 2.05) is 36.4 Å². The van der Waals surface area contributed by atoms with Crippen molar-refractivity contribution in [2.24, 2.45) is 5.73 Å². The van der Waals surface area contributed by atoms with E-state index in [1.54, 1.807) is 110 Å². The molecule has 2 amide bonds. The van der Waals surface area contributed by atoms with Crippen molar-refractivity contribution in [3.8, 4) is 18.2 Å². The normalized spacial score (nSPS) is 10.7. The molecule has 0 unspecified atom stereocenters. The van der Waals surface area contributed by atoms with Gasteiger partial charge in [-0.2, -0.15) is 15.8 Å². The van der Waals surface area contributed by atoms with Gasteiger partial charge >= 0.3 is 5.97 Å². The van der Waals surface area contributed by atoms with E-state index in [2.05, 4.69) is 88.6 Å². The number of benzene rings is 3. The maximum absolute atomic E-state index is 12.8. The molecule has 0 radical (unpaired) electrons. The molecule has 514 valence electrons. The molecular weight excluding hydrogens is 1440 g/mol. The highest BCUT2D eigenvalue weighted by Crippen LogP contribution is 2.29. The molecule has 8 N–H and O–H groups in total. The predicted molar refractivity (Wildman–Crippen MR) is 403 cm³/mol. The molecule has 3 aromatic carbocycles. The first-order valence-corrected chi connectivity index (χ1v) is 33.3. The Kier molecular flexibility index (Phi) is 23.4. The molecule has 15 rings (SSSR count). The Morgan fingerprint density at radius 2 is 0.740 bits per heavy atom. The van der Waals surface area contributed by atoms with Crippen molar-refractivity contribution in [2.45, 2.75) is 46.3 Å². The Hall–Kier alpha value is -12.0. The molecule has 28 heteroatoms. The summed E-state index contributed by atoms with van der Waals surface area (Å²) < 4.78 is 0. The van der Waals surface area contributed by atoms with Crippen LogP contribution in [0.4, 0.5) is 0 Å². The lowest BCUT2D eigenvalue weighted by Crippen LogP contribution is -2.23. The van der Waals surface area contributed by atoms with E-state index in [4.69, 9.17) is 80.4 Å². The number of nitrogens with two attached hydrogens (primary N) is 1. The van der Waals surface area contributed by atoms with Gasteiger partial charge in [0.1, 0.15) is 35.1 Å². The number of pyridine rings is 9. The summed E-state index contributed by atoms with van der Waals surface area (Å²) in [6.07, 6.45) is 20.7. The second-order valence-corrected chi connectivity index (χ2v) is 25.6. The summed E-state index contributed by atoms with van der Waals surface area (Å²) in [5, 5.41) is 51.4. The quantitative estimate of drug-likeness (QED) is 0.0532. The lowest BCUT2D eigenvalue weighted by molar-refractivity contribution is 0.0696. The van der Waals surface area contributed by atoms with Gasteiger partial charge in [-0.3, -0.25) is 39.5 Å². The molecule has 0 aliphatic rings. The van der Waals surface area contributed by atoms with E-state index in [0.29, 0.717) is 142 Å². The Balaban J connectivity index is 0.000000146. The molecule has 0 atom stereocenters. The Morgan fingerprint density at radius 3 is 1.08 bits per heavy atom. The average molecular weight is 1500 g/mol. The zero-order chi connectivity index (χ0) is 72.3. The van der Waals surface area contributed by atoms with E-state index in [9.17, 15) is 30.2 Å². The number of rotatable bonds is 14. The molecule has 0 saturated carbocycles. The number of carbonyl (C=O) groups is 3. The summed E-state index contributed by atoms with van der Waals surface area (Å²) in [7, 11) is 0. The largest absolute Gasteiger partial charge is 0.478 e. The topological polar surface area (TPSA) is 356 Å². The van der Waals surface area contributed by atoms with Gasteiger partial charge in [-0.05, 0) is 143 Å². The number of nitriles is 3. The van der Waals surface area contributed by atoms with E-state index in [1.165, 1.54) is 36.9 Å². The zero-order valence-electron chi connectivity index (χ0n) is 53.4. The van der Waals surface area contributed by atoms with E-state index < -0.39 is 5.97 Å². The maximum Gasteiger partial charge on any atom is 0.335 e. The number of hydrogen-bond acceptors (Lipinski definition) is 16. The number of aromatic nitrogens is 12. The molecular formula is C76H54Cl6N18O4. The number of H-pyrrole nitrogens is 3. The number of aromatic carboxylic acids is 1. The van der Waals surface area contributed by atoms with Crippen molar-refractivity contribution in [3.63, 3.8) is 0 Å². The molecule has 0 fully saturated rings. The molecule has 0 saturated heterocycles. The smallest absolute Gasteiger partial charge is 0.335 e. The first-order chi connectivity index (χ1) is 49.9. The van der Waals surface area contributed by atoms with Crippen molar-refractivity contribution < 1.29 is 19.5 Å². The number of fused-ring (bicyclic) bond motifs is 6. The third-order valence-corrected chi connectivity index (χ3v) is 17.5. The number of carbonyl (C=O) groups excluding carboxylic acids is 2. The van der Waals surface area contributed by atoms with Gasteiger partial charge in [0.05, 0.1) is 68.9 Å². The summed E-state index contributed by atoms with van der Waals surface area (Å²) in [6.45, 7) is 1.11. The number of halogens is 6. The fourth-order valence-corrected chi connectivity index (χ4v) is 12.2. The van der Waals surface area contributed by atoms with Crippen molar-refractivity contribution in [3.05, 3.63) is 298 Å². The Morgan fingerprint density at radius 1 is 0.413 bits per heavy atom. The van der Waals surface area contributed by atoms with Gasteiger partial charge in [0.15, 0.2) is 0 Å². The molecule has 104 heavy (non-hydrogen) atoms. The number of aromatic amines is 3. The Labute approximate surface area is 622 Å². The summed E-state index contributed by atoms with van der Waals surface area (Å²) in [5.74, 6) is -1.45. The van der Waals surface area contributed by atoms with Crippen LogP contribution < -0.4 is 16.4 Å². The van der Waals surface area contributed by atoms with Crippen LogP contribution in [0.5, 0.6) is 0 Å². The second kappa shape index (κ2) is 33.2. The number of carboxylic acid groups (broad SMARTS) is 1. The van der Waals surface area contributed by atoms with Crippen molar-refractivity contribution >= 4 is 153 Å². The summed E-state index contributed by atoms with van der Waals surface area (Å²) in [4.78, 5) is 83.9. The Bertz CT molecular complexity index is 5700. The van der Waals surface area contributed by atoms with E-state index >= 15 is 0 Å². The van der Waals surface area contributed by atoms with Gasteiger partial charge in [0.2, 0.25) is 0 Å². The maximum atomic E-state index is 12.8. The SMILES string of the molecule is C.N#Cc1cc(Cc2cc(C(=O)NCc3cnc4[nH]cc(Cl)c4c3)ccn2)cc2cc(Cl)cnc12.N#Cc1cc(Cc2cc(C(=O)NCc3cnc4[nH]cc(Cl)c4c3)ccn2)cc2cc(Cl)cnc12.N#Cc1cc(Cc2cc(C(=O)O)ccn2)cc2cc(Cl)cnc12.NCc1cnc2[nH]cc(Cl)c2c1. The minimum absolute atomic E-state index is 0. The predicted octanol–water partition coefficient (Wildman–Crippen LogP) is 16.2. The van der Waals surface area contributed by atoms with Gasteiger partial charge in [-0.15, -0.1) is 0 Å². The molecule has 0 aliphatic carbocycles. The van der Waals surface area contributed by atoms with E-state index in [0.717, 1.165) is 71.3 Å². The first-order valence-electron chi connectivity index (χ1n) is 31.0. The van der Waals surface area contributed by atoms with Crippen LogP contribution in [0.1, 0.15) is 106 Å². The molecule has 15 aromatic rings. The first kappa shape index (κ1) is 73.2. The fraction of sp³-hybridized carbons (Fsp3) is 0.0921. The standard InChI is InChI=1S/2C25H16Cl2N6O.C17H10ClN3O2.C8H8ClN3.CH4/c2*26-19-7-17-3-14(4-18(9-28)23(17)30-12-19)5-20-8-16(1-2-29-20)25(34)33-11-15-6-21-22(27)13-32-24(21)31-10-15;18-14-6-12-3-10(4-13(8-19)16(12)21-9-14)5-15-7-11(17(22)23)1-2-20-15;9-7-4-12-8-6(7)1-5(2-10)3-11-8;/h2*1-4,6-8,10,12-13H,5,11H2,(H,31,32)(H,33,34);1-4,6-7,9H,5H2,(H,22,23);1,3-4H,2,10H2,(H,11,12);1H4.